The van der Waals surface area contributed by atoms with Crippen molar-refractivity contribution in [3.63, 3.8) is 0 Å². The van der Waals surface area contributed by atoms with Gasteiger partial charge in [0.05, 0.1) is 0 Å². The van der Waals surface area contributed by atoms with Gasteiger partial charge in [-0.3, -0.25) is 10.2 Å². The number of hydrogen-bond acceptors (Lipinski definition) is 3. The summed E-state index contributed by atoms with van der Waals surface area (Å²) in [7, 11) is 0. The van der Waals surface area contributed by atoms with Crippen molar-refractivity contribution >= 4 is 0 Å². The molecular weight excluding hydrogens is 214 g/mol. The van der Waals surface area contributed by atoms with E-state index in [-0.39, 0.29) is 0 Å². The summed E-state index contributed by atoms with van der Waals surface area (Å²) in [4.78, 5) is 2.32. The van der Waals surface area contributed by atoms with Gasteiger partial charge < -0.3 is 4.74 Å². The molecule has 0 aromatic heterocycles. The van der Waals surface area contributed by atoms with Crippen LogP contribution in [0.1, 0.15) is 19.3 Å². The fraction of sp³-hybridized carbons (Fsp3) is 1.00. The van der Waals surface area contributed by atoms with Crippen LogP contribution in [0.25, 0.3) is 0 Å². The summed E-state index contributed by atoms with van der Waals surface area (Å²) in [5.74, 6) is 0.416. The minimum atomic E-state index is -2.35. The van der Waals surface area contributed by atoms with Crippen molar-refractivity contribution in [2.45, 2.75) is 37.5 Å². The fourth-order valence-corrected chi connectivity index (χ4v) is 3.33. The molecule has 0 aliphatic carbocycles. The van der Waals surface area contributed by atoms with Gasteiger partial charge >= 0.3 is 0 Å². The van der Waals surface area contributed by atoms with Gasteiger partial charge in [-0.25, -0.2) is 8.78 Å². The smallest absolute Gasteiger partial charge is 0.264 e. The molecule has 92 valence electrons. The van der Waals surface area contributed by atoms with Gasteiger partial charge in [0, 0.05) is 19.0 Å². The quantitative estimate of drug-likeness (QED) is 0.731. The number of halogens is 2. The molecule has 1 N–H and O–H groups in total. The molecule has 4 aliphatic heterocycles. The Bertz CT molecular complexity index is 269. The molecule has 4 rings (SSSR count). The molecule has 5 heteroatoms. The van der Waals surface area contributed by atoms with E-state index < -0.39 is 18.3 Å². The van der Waals surface area contributed by atoms with Crippen molar-refractivity contribution in [2.24, 2.45) is 5.92 Å². The first-order valence-electron chi connectivity index (χ1n) is 6.13. The lowest BCUT2D eigenvalue weighted by Crippen LogP contribution is -2.70. The molecule has 2 unspecified atom stereocenters. The van der Waals surface area contributed by atoms with Crippen LogP contribution in [-0.4, -0.2) is 49.3 Å². The Morgan fingerprint density at radius 1 is 1.25 bits per heavy atom. The third kappa shape index (κ3) is 1.65. The summed E-state index contributed by atoms with van der Waals surface area (Å²) in [5, 5.41) is 3.35. The summed E-state index contributed by atoms with van der Waals surface area (Å²) in [6, 6.07) is 0. The first kappa shape index (κ1) is 10.9. The van der Waals surface area contributed by atoms with Gasteiger partial charge in [-0.15, -0.1) is 0 Å². The maximum atomic E-state index is 12.7. The topological polar surface area (TPSA) is 24.5 Å². The Labute approximate surface area is 94.1 Å². The summed E-state index contributed by atoms with van der Waals surface area (Å²) in [6.45, 7) is 3.62. The number of nitrogens with one attached hydrogen (secondary N) is 1. The number of ether oxygens (including phenoxy) is 1. The standard InChI is InChI=1S/C11H18F2N2O/c12-10(13)9-1-4-14-11(16-9)7-15-5-2-8(11)3-6-15/h8-10,14H,1-7H2. The number of rotatable bonds is 1. The van der Waals surface area contributed by atoms with Gasteiger partial charge in [-0.1, -0.05) is 0 Å². The number of alkyl halides is 2. The number of fused-ring (bicyclic) bond motifs is 2. The lowest BCUT2D eigenvalue weighted by atomic mass is 9.79. The Kier molecular flexibility index (Phi) is 2.64. The predicted octanol–water partition coefficient (Wildman–Crippen LogP) is 1.05. The molecule has 2 atom stereocenters. The first-order valence-corrected chi connectivity index (χ1v) is 6.13. The van der Waals surface area contributed by atoms with Crippen LogP contribution in [0.5, 0.6) is 0 Å². The maximum absolute atomic E-state index is 12.7. The largest absolute Gasteiger partial charge is 0.350 e. The van der Waals surface area contributed by atoms with Gasteiger partial charge in [-0.05, 0) is 32.4 Å². The van der Waals surface area contributed by atoms with Crippen LogP contribution in [0.4, 0.5) is 8.78 Å². The average Bonchev–Trinajstić information content (AvgIpc) is 2.30. The lowest BCUT2D eigenvalue weighted by molar-refractivity contribution is -0.240. The monoisotopic (exact) mass is 232 g/mol. The van der Waals surface area contributed by atoms with Gasteiger partial charge in [-0.2, -0.15) is 0 Å². The van der Waals surface area contributed by atoms with Gasteiger partial charge in [0.15, 0.2) is 0 Å². The molecule has 0 amide bonds. The van der Waals surface area contributed by atoms with Crippen LogP contribution in [0.2, 0.25) is 0 Å². The zero-order valence-electron chi connectivity index (χ0n) is 9.29. The van der Waals surface area contributed by atoms with Crippen molar-refractivity contribution in [2.75, 3.05) is 26.2 Å². The van der Waals surface area contributed by atoms with Crippen LogP contribution in [-0.2, 0) is 4.74 Å². The number of hydrogen-bond donors (Lipinski definition) is 1. The van der Waals surface area contributed by atoms with E-state index >= 15 is 0 Å². The summed E-state index contributed by atoms with van der Waals surface area (Å²) in [6.07, 6.45) is -0.658. The molecule has 4 saturated heterocycles. The van der Waals surface area contributed by atoms with Crippen molar-refractivity contribution < 1.29 is 13.5 Å². The molecule has 0 radical (unpaired) electrons. The van der Waals surface area contributed by atoms with Gasteiger partial charge in [0.2, 0.25) is 0 Å². The lowest BCUT2D eigenvalue weighted by Gasteiger charge is -2.55. The molecule has 1 spiro atoms. The van der Waals surface area contributed by atoms with E-state index in [1.54, 1.807) is 0 Å². The molecule has 4 aliphatic rings. The number of piperidine rings is 3. The molecule has 0 aromatic rings. The van der Waals surface area contributed by atoms with Crippen LogP contribution in [0.3, 0.4) is 0 Å². The van der Waals surface area contributed by atoms with Crippen LogP contribution in [0, 0.1) is 5.92 Å². The van der Waals surface area contributed by atoms with E-state index in [4.69, 9.17) is 4.74 Å². The van der Waals surface area contributed by atoms with E-state index in [0.29, 0.717) is 18.9 Å². The summed E-state index contributed by atoms with van der Waals surface area (Å²) in [5.41, 5.74) is -0.476. The highest BCUT2D eigenvalue weighted by Crippen LogP contribution is 2.39. The Hall–Kier alpha value is -0.260. The second-order valence-electron chi connectivity index (χ2n) is 5.15. The molecule has 0 saturated carbocycles. The van der Waals surface area contributed by atoms with E-state index in [9.17, 15) is 8.78 Å². The molecule has 4 heterocycles. The summed E-state index contributed by atoms with van der Waals surface area (Å²) >= 11 is 0. The highest BCUT2D eigenvalue weighted by atomic mass is 19.3. The van der Waals surface area contributed by atoms with Crippen LogP contribution < -0.4 is 5.32 Å². The molecular formula is C11H18F2N2O. The molecule has 4 fully saturated rings. The zero-order chi connectivity index (χ0) is 11.2. The van der Waals surface area contributed by atoms with Gasteiger partial charge in [0.1, 0.15) is 11.8 Å². The average molecular weight is 232 g/mol. The van der Waals surface area contributed by atoms with Crippen molar-refractivity contribution in [1.82, 2.24) is 10.2 Å². The zero-order valence-corrected chi connectivity index (χ0v) is 9.29. The molecule has 16 heavy (non-hydrogen) atoms. The third-order valence-electron chi connectivity index (χ3n) is 4.20. The molecule has 0 aromatic carbocycles. The maximum Gasteiger partial charge on any atom is 0.264 e. The van der Waals surface area contributed by atoms with E-state index in [1.807, 2.05) is 0 Å². The normalized spacial score (nSPS) is 47.8. The fourth-order valence-electron chi connectivity index (χ4n) is 3.33. The molecule has 2 bridgehead atoms. The highest BCUT2D eigenvalue weighted by molar-refractivity contribution is 5.00. The first-order chi connectivity index (χ1) is 7.70. The SMILES string of the molecule is FC(F)C1CCNC2(CN3CCC2CC3)O1. The Morgan fingerprint density at radius 3 is 2.56 bits per heavy atom. The van der Waals surface area contributed by atoms with Crippen LogP contribution >= 0.6 is 0 Å². The van der Waals surface area contributed by atoms with Crippen molar-refractivity contribution in [1.29, 1.82) is 0 Å². The van der Waals surface area contributed by atoms with Crippen LogP contribution in [0.15, 0.2) is 0 Å². The third-order valence-corrected chi connectivity index (χ3v) is 4.20. The minimum absolute atomic E-state index is 0.416. The Balaban J connectivity index is 1.77. The van der Waals surface area contributed by atoms with Crippen molar-refractivity contribution in [3.8, 4) is 0 Å². The minimum Gasteiger partial charge on any atom is -0.350 e. The highest BCUT2D eigenvalue weighted by Gasteiger charge is 2.51. The number of nitrogens with zero attached hydrogens (tertiary/aromatic N) is 1. The van der Waals surface area contributed by atoms with Crippen molar-refractivity contribution in [3.05, 3.63) is 0 Å². The second-order valence-corrected chi connectivity index (χ2v) is 5.15. The molecule has 3 nitrogen and oxygen atoms in total. The van der Waals surface area contributed by atoms with E-state index in [2.05, 4.69) is 10.2 Å². The summed E-state index contributed by atoms with van der Waals surface area (Å²) < 4.78 is 31.2. The van der Waals surface area contributed by atoms with E-state index in [0.717, 1.165) is 32.5 Å². The predicted molar refractivity (Wildman–Crippen MR) is 55.4 cm³/mol. The van der Waals surface area contributed by atoms with E-state index in [1.165, 1.54) is 0 Å². The van der Waals surface area contributed by atoms with Gasteiger partial charge in [0.25, 0.3) is 6.43 Å². The second kappa shape index (κ2) is 3.89. The Morgan fingerprint density at radius 2 is 2.00 bits per heavy atom.